The molecule has 3 rings (SSSR count). The summed E-state index contributed by atoms with van der Waals surface area (Å²) in [6.07, 6.45) is -2.58. The molecule has 2 aromatic rings. The number of rotatable bonds is 6. The number of ether oxygens (including phenoxy) is 2. The Kier molecular flexibility index (Phi) is 9.63. The van der Waals surface area contributed by atoms with Crippen molar-refractivity contribution < 1.29 is 22.6 Å². The number of hydrogen-bond donors (Lipinski definition) is 2. The van der Waals surface area contributed by atoms with Gasteiger partial charge in [0.05, 0.1) is 12.7 Å². The van der Waals surface area contributed by atoms with Crippen molar-refractivity contribution in [3.05, 3.63) is 65.2 Å². The average molecular weight is 563 g/mol. The lowest BCUT2D eigenvalue weighted by Crippen LogP contribution is -2.47. The number of guanidine groups is 1. The Bertz CT molecular complexity index is 866. The summed E-state index contributed by atoms with van der Waals surface area (Å²) < 4.78 is 49.0. The van der Waals surface area contributed by atoms with E-state index in [2.05, 4.69) is 27.8 Å². The second kappa shape index (κ2) is 11.7. The number of aliphatic imine (C=N–C) groups is 1. The van der Waals surface area contributed by atoms with Crippen LogP contribution in [-0.4, -0.2) is 39.9 Å². The van der Waals surface area contributed by atoms with Crippen LogP contribution in [-0.2, 0) is 22.9 Å². The smallest absolute Gasteiger partial charge is 0.416 e. The minimum atomic E-state index is -4.33. The van der Waals surface area contributed by atoms with Crippen LogP contribution in [0.25, 0.3) is 0 Å². The molecule has 32 heavy (non-hydrogen) atoms. The number of methoxy groups -OCH3 is 1. The first-order chi connectivity index (χ1) is 14.9. The highest BCUT2D eigenvalue weighted by Gasteiger charge is 2.34. The number of benzene rings is 2. The number of nitrogens with zero attached hydrogens (tertiary/aromatic N) is 1. The van der Waals surface area contributed by atoms with Gasteiger partial charge in [0, 0.05) is 38.8 Å². The monoisotopic (exact) mass is 563 g/mol. The van der Waals surface area contributed by atoms with E-state index < -0.39 is 11.7 Å². The molecule has 0 spiro atoms. The third-order valence-corrected chi connectivity index (χ3v) is 5.71. The molecule has 1 fully saturated rings. The van der Waals surface area contributed by atoms with E-state index in [9.17, 15) is 13.2 Å². The highest BCUT2D eigenvalue weighted by atomic mass is 127. The van der Waals surface area contributed by atoms with Crippen molar-refractivity contribution in [3.8, 4) is 5.75 Å². The van der Waals surface area contributed by atoms with Gasteiger partial charge in [0.2, 0.25) is 0 Å². The van der Waals surface area contributed by atoms with E-state index in [-0.39, 0.29) is 29.4 Å². The van der Waals surface area contributed by atoms with E-state index in [4.69, 9.17) is 9.47 Å². The molecule has 0 atom stereocenters. The standard InChI is InChI=1S/C23H28F3N3O2.HI/c1-27-21(28-15-17-3-5-19(6-4-17)23(24,25)26)29-16-22(11-13-31-14-12-22)18-7-9-20(30-2)10-8-18;/h3-10H,11-16H2,1-2H3,(H2,27,28,29);1H. The Labute approximate surface area is 203 Å². The number of hydrogen-bond acceptors (Lipinski definition) is 3. The molecule has 1 aliphatic heterocycles. The largest absolute Gasteiger partial charge is 0.497 e. The van der Waals surface area contributed by atoms with Crippen molar-refractivity contribution in [1.29, 1.82) is 0 Å². The molecule has 0 saturated carbocycles. The topological polar surface area (TPSA) is 54.9 Å². The molecule has 9 heteroatoms. The van der Waals surface area contributed by atoms with Crippen LogP contribution in [0.1, 0.15) is 29.5 Å². The van der Waals surface area contributed by atoms with E-state index in [0.717, 1.165) is 36.3 Å². The van der Waals surface area contributed by atoms with Gasteiger partial charge in [0.1, 0.15) is 5.75 Å². The van der Waals surface area contributed by atoms with E-state index in [1.54, 1.807) is 14.2 Å². The van der Waals surface area contributed by atoms with Crippen molar-refractivity contribution in [2.45, 2.75) is 31.0 Å². The van der Waals surface area contributed by atoms with Crippen LogP contribution in [0.4, 0.5) is 13.2 Å². The van der Waals surface area contributed by atoms with Crippen LogP contribution in [0.5, 0.6) is 5.75 Å². The van der Waals surface area contributed by atoms with Gasteiger partial charge in [0.25, 0.3) is 0 Å². The van der Waals surface area contributed by atoms with Gasteiger partial charge >= 0.3 is 6.18 Å². The van der Waals surface area contributed by atoms with Crippen LogP contribution >= 0.6 is 24.0 Å². The Morgan fingerprint density at radius 2 is 1.66 bits per heavy atom. The van der Waals surface area contributed by atoms with Crippen molar-refractivity contribution in [2.24, 2.45) is 4.99 Å². The van der Waals surface area contributed by atoms with Gasteiger partial charge in [-0.3, -0.25) is 4.99 Å². The lowest BCUT2D eigenvalue weighted by atomic mass is 9.74. The molecule has 0 bridgehead atoms. The Hall–Kier alpha value is -2.01. The molecular weight excluding hydrogens is 534 g/mol. The Balaban J connectivity index is 0.00000363. The number of nitrogens with one attached hydrogen (secondary N) is 2. The van der Waals surface area contributed by atoms with E-state index in [1.165, 1.54) is 17.7 Å². The molecule has 0 aliphatic carbocycles. The molecule has 1 saturated heterocycles. The third-order valence-electron chi connectivity index (χ3n) is 5.71. The van der Waals surface area contributed by atoms with Gasteiger partial charge in [-0.2, -0.15) is 13.2 Å². The first kappa shape index (κ1) is 26.2. The van der Waals surface area contributed by atoms with E-state index in [1.807, 2.05) is 12.1 Å². The van der Waals surface area contributed by atoms with Gasteiger partial charge in [-0.05, 0) is 48.2 Å². The van der Waals surface area contributed by atoms with Crippen molar-refractivity contribution in [1.82, 2.24) is 10.6 Å². The van der Waals surface area contributed by atoms with Crippen LogP contribution in [0.15, 0.2) is 53.5 Å². The SMILES string of the molecule is CN=C(NCc1ccc(C(F)(F)F)cc1)NCC1(c2ccc(OC)cc2)CCOCC1.I. The first-order valence-electron chi connectivity index (χ1n) is 10.2. The summed E-state index contributed by atoms with van der Waals surface area (Å²) >= 11 is 0. The van der Waals surface area contributed by atoms with E-state index >= 15 is 0 Å². The summed E-state index contributed by atoms with van der Waals surface area (Å²) in [4.78, 5) is 4.26. The maximum Gasteiger partial charge on any atom is 0.416 e. The highest BCUT2D eigenvalue weighted by Crippen LogP contribution is 2.35. The van der Waals surface area contributed by atoms with Crippen LogP contribution in [0, 0.1) is 0 Å². The van der Waals surface area contributed by atoms with Gasteiger partial charge < -0.3 is 20.1 Å². The fourth-order valence-corrected chi connectivity index (χ4v) is 3.75. The zero-order valence-corrected chi connectivity index (χ0v) is 20.5. The Morgan fingerprint density at radius 1 is 1.03 bits per heavy atom. The number of halogens is 4. The van der Waals surface area contributed by atoms with Crippen molar-refractivity contribution >= 4 is 29.9 Å². The zero-order chi connectivity index (χ0) is 22.3. The van der Waals surface area contributed by atoms with Crippen molar-refractivity contribution in [3.63, 3.8) is 0 Å². The Morgan fingerprint density at radius 3 is 2.19 bits per heavy atom. The van der Waals surface area contributed by atoms with Gasteiger partial charge in [-0.15, -0.1) is 24.0 Å². The molecule has 2 N–H and O–H groups in total. The molecule has 1 aliphatic rings. The minimum absolute atomic E-state index is 0. The van der Waals surface area contributed by atoms with Gasteiger partial charge in [-0.1, -0.05) is 24.3 Å². The quantitative estimate of drug-likeness (QED) is 0.303. The molecule has 2 aromatic carbocycles. The van der Waals surface area contributed by atoms with E-state index in [0.29, 0.717) is 32.3 Å². The fourth-order valence-electron chi connectivity index (χ4n) is 3.75. The van der Waals surface area contributed by atoms with Crippen LogP contribution in [0.2, 0.25) is 0 Å². The number of alkyl halides is 3. The summed E-state index contributed by atoms with van der Waals surface area (Å²) in [6.45, 7) is 2.41. The second-order valence-electron chi connectivity index (χ2n) is 7.60. The fraction of sp³-hybridized carbons (Fsp3) is 0.435. The molecular formula is C23H29F3IN3O2. The first-order valence-corrected chi connectivity index (χ1v) is 10.2. The normalized spacial score (nSPS) is 16.1. The predicted molar refractivity (Wildman–Crippen MR) is 130 cm³/mol. The molecule has 5 nitrogen and oxygen atoms in total. The molecule has 0 radical (unpaired) electrons. The molecule has 1 heterocycles. The third kappa shape index (κ3) is 6.74. The summed E-state index contributed by atoms with van der Waals surface area (Å²) in [6, 6.07) is 13.2. The zero-order valence-electron chi connectivity index (χ0n) is 18.2. The predicted octanol–water partition coefficient (Wildman–Crippen LogP) is 4.75. The summed E-state index contributed by atoms with van der Waals surface area (Å²) in [5.41, 5.74) is 1.20. The summed E-state index contributed by atoms with van der Waals surface area (Å²) in [5.74, 6) is 1.41. The average Bonchev–Trinajstić information content (AvgIpc) is 2.79. The maximum atomic E-state index is 12.7. The summed E-state index contributed by atoms with van der Waals surface area (Å²) in [5, 5.41) is 6.56. The highest BCUT2D eigenvalue weighted by molar-refractivity contribution is 14.0. The van der Waals surface area contributed by atoms with Crippen LogP contribution < -0.4 is 15.4 Å². The van der Waals surface area contributed by atoms with Crippen molar-refractivity contribution in [2.75, 3.05) is 33.9 Å². The summed E-state index contributed by atoms with van der Waals surface area (Å²) in [7, 11) is 3.32. The molecule has 0 aromatic heterocycles. The van der Waals surface area contributed by atoms with Gasteiger partial charge in [-0.25, -0.2) is 0 Å². The lowest BCUT2D eigenvalue weighted by Gasteiger charge is -2.38. The molecule has 176 valence electrons. The lowest BCUT2D eigenvalue weighted by molar-refractivity contribution is -0.137. The minimum Gasteiger partial charge on any atom is -0.497 e. The molecule has 0 unspecified atom stereocenters. The van der Waals surface area contributed by atoms with Crippen LogP contribution in [0.3, 0.4) is 0 Å². The molecule has 0 amide bonds. The second-order valence-corrected chi connectivity index (χ2v) is 7.60. The maximum absolute atomic E-state index is 12.7. The van der Waals surface area contributed by atoms with Gasteiger partial charge in [0.15, 0.2) is 5.96 Å².